The topological polar surface area (TPSA) is 70.9 Å². The van der Waals surface area contributed by atoms with Gasteiger partial charge in [0, 0.05) is 52.3 Å². The molecule has 2 aliphatic heterocycles. The molecular weight excluding hydrogens is 370 g/mol. The van der Waals surface area contributed by atoms with Crippen molar-refractivity contribution in [3.05, 3.63) is 42.2 Å². The van der Waals surface area contributed by atoms with E-state index in [1.54, 1.807) is 26.6 Å². The first kappa shape index (κ1) is 19.4. The van der Waals surface area contributed by atoms with E-state index in [1.807, 2.05) is 23.1 Å². The maximum Gasteiger partial charge on any atom is 0.344 e. The molecule has 2 fully saturated rings. The van der Waals surface area contributed by atoms with Crippen molar-refractivity contribution in [2.75, 3.05) is 45.2 Å². The Kier molecular flexibility index (Phi) is 5.27. The van der Waals surface area contributed by atoms with E-state index in [-0.39, 0.29) is 11.9 Å². The van der Waals surface area contributed by atoms with Gasteiger partial charge in [-0.05, 0) is 17.9 Å². The van der Waals surface area contributed by atoms with Gasteiger partial charge in [-0.3, -0.25) is 9.69 Å². The Labute approximate surface area is 170 Å². The average molecular weight is 397 g/mol. The Morgan fingerprint density at radius 2 is 1.86 bits per heavy atom. The number of benzene rings is 1. The van der Waals surface area contributed by atoms with Crippen LogP contribution in [-0.4, -0.2) is 71.9 Å². The predicted molar refractivity (Wildman–Crippen MR) is 109 cm³/mol. The summed E-state index contributed by atoms with van der Waals surface area (Å²) in [5, 5.41) is 4.16. The third kappa shape index (κ3) is 3.85. The molecule has 2 aliphatic rings. The Balaban J connectivity index is 1.35. The molecule has 2 unspecified atom stereocenters. The van der Waals surface area contributed by atoms with Gasteiger partial charge in [0.15, 0.2) is 0 Å². The summed E-state index contributed by atoms with van der Waals surface area (Å²) in [6.45, 7) is 5.78. The molecule has 2 amide bonds. The van der Waals surface area contributed by atoms with Gasteiger partial charge in [0.05, 0.1) is 25.2 Å². The van der Waals surface area contributed by atoms with Gasteiger partial charge in [-0.2, -0.15) is 9.78 Å². The molecule has 0 N–H and O–H groups in total. The summed E-state index contributed by atoms with van der Waals surface area (Å²) in [6, 6.07) is 8.00. The largest absolute Gasteiger partial charge is 0.496 e. The Morgan fingerprint density at radius 1 is 1.17 bits per heavy atom. The molecule has 0 radical (unpaired) electrons. The molecule has 2 atom stereocenters. The maximum absolute atomic E-state index is 12.8. The quantitative estimate of drug-likeness (QED) is 0.788. The van der Waals surface area contributed by atoms with Crippen molar-refractivity contribution >= 4 is 17.6 Å². The molecule has 154 valence electrons. The van der Waals surface area contributed by atoms with Crippen LogP contribution in [0.5, 0.6) is 5.75 Å². The first-order valence-corrected chi connectivity index (χ1v) is 9.88. The van der Waals surface area contributed by atoms with Gasteiger partial charge >= 0.3 is 6.03 Å². The van der Waals surface area contributed by atoms with Gasteiger partial charge in [0.25, 0.3) is 0 Å². The van der Waals surface area contributed by atoms with Crippen LogP contribution in [0.2, 0.25) is 0 Å². The molecule has 0 saturated carbocycles. The van der Waals surface area contributed by atoms with Crippen LogP contribution >= 0.6 is 0 Å². The Hall–Kier alpha value is -2.87. The van der Waals surface area contributed by atoms with Crippen molar-refractivity contribution in [1.82, 2.24) is 19.6 Å². The number of nitrogens with zero attached hydrogens (tertiary/aromatic N) is 5. The SMILES string of the molecule is COc1ccccc1CN1CC2CN(C(=O)n3cc(N(C)C(C)=O)cn3)CC2C1. The van der Waals surface area contributed by atoms with Gasteiger partial charge in [-0.1, -0.05) is 18.2 Å². The van der Waals surface area contributed by atoms with E-state index in [4.69, 9.17) is 4.74 Å². The summed E-state index contributed by atoms with van der Waals surface area (Å²) in [6.07, 6.45) is 3.16. The van der Waals surface area contributed by atoms with Crippen molar-refractivity contribution in [3.63, 3.8) is 0 Å². The number of hydrogen-bond donors (Lipinski definition) is 0. The Morgan fingerprint density at radius 3 is 2.52 bits per heavy atom. The zero-order chi connectivity index (χ0) is 20.5. The van der Waals surface area contributed by atoms with Crippen LogP contribution in [0, 0.1) is 11.8 Å². The van der Waals surface area contributed by atoms with Crippen LogP contribution in [0.15, 0.2) is 36.7 Å². The number of para-hydroxylation sites is 1. The molecule has 0 aliphatic carbocycles. The fourth-order valence-corrected chi connectivity index (χ4v) is 4.37. The molecule has 8 nitrogen and oxygen atoms in total. The minimum atomic E-state index is -0.126. The number of hydrogen-bond acceptors (Lipinski definition) is 5. The molecule has 29 heavy (non-hydrogen) atoms. The minimum Gasteiger partial charge on any atom is -0.496 e. The molecule has 4 rings (SSSR count). The second-order valence-corrected chi connectivity index (χ2v) is 7.93. The highest BCUT2D eigenvalue weighted by atomic mass is 16.5. The smallest absolute Gasteiger partial charge is 0.344 e. The van der Waals surface area contributed by atoms with Gasteiger partial charge < -0.3 is 14.5 Å². The molecular formula is C21H27N5O3. The summed E-state index contributed by atoms with van der Waals surface area (Å²) < 4.78 is 6.80. The summed E-state index contributed by atoms with van der Waals surface area (Å²) in [7, 11) is 3.38. The minimum absolute atomic E-state index is 0.0946. The molecule has 1 aromatic heterocycles. The van der Waals surface area contributed by atoms with Crippen LogP contribution in [0.3, 0.4) is 0 Å². The third-order valence-corrected chi connectivity index (χ3v) is 6.04. The van der Waals surface area contributed by atoms with Crippen molar-refractivity contribution in [2.45, 2.75) is 13.5 Å². The van der Waals surface area contributed by atoms with Crippen LogP contribution in [-0.2, 0) is 11.3 Å². The van der Waals surface area contributed by atoms with Gasteiger partial charge in [0.1, 0.15) is 5.75 Å². The Bertz CT molecular complexity index is 897. The number of carbonyl (C=O) groups excluding carboxylic acids is 2. The summed E-state index contributed by atoms with van der Waals surface area (Å²) in [5.41, 5.74) is 1.81. The lowest BCUT2D eigenvalue weighted by Crippen LogP contribution is -2.36. The van der Waals surface area contributed by atoms with Crippen molar-refractivity contribution < 1.29 is 14.3 Å². The van der Waals surface area contributed by atoms with Crippen LogP contribution in [0.4, 0.5) is 10.5 Å². The number of carbonyl (C=O) groups is 2. The molecule has 1 aromatic carbocycles. The van der Waals surface area contributed by atoms with E-state index in [9.17, 15) is 9.59 Å². The van der Waals surface area contributed by atoms with Gasteiger partial charge in [-0.15, -0.1) is 0 Å². The normalized spacial score (nSPS) is 21.3. The van der Waals surface area contributed by atoms with Gasteiger partial charge in [-0.25, -0.2) is 4.79 Å². The molecule has 0 spiro atoms. The number of rotatable bonds is 4. The number of ether oxygens (including phenoxy) is 1. The van der Waals surface area contributed by atoms with E-state index in [2.05, 4.69) is 16.1 Å². The lowest BCUT2D eigenvalue weighted by Gasteiger charge is -2.22. The van der Waals surface area contributed by atoms with E-state index in [1.165, 1.54) is 22.1 Å². The first-order valence-electron chi connectivity index (χ1n) is 9.88. The molecule has 2 aromatic rings. The fourth-order valence-electron chi connectivity index (χ4n) is 4.37. The van der Waals surface area contributed by atoms with Crippen LogP contribution < -0.4 is 9.64 Å². The van der Waals surface area contributed by atoms with Crippen molar-refractivity contribution in [1.29, 1.82) is 0 Å². The summed E-state index contributed by atoms with van der Waals surface area (Å²) >= 11 is 0. The number of anilines is 1. The molecule has 2 saturated heterocycles. The number of methoxy groups -OCH3 is 1. The zero-order valence-electron chi connectivity index (χ0n) is 17.1. The summed E-state index contributed by atoms with van der Waals surface area (Å²) in [4.78, 5) is 30.1. The number of aromatic nitrogens is 2. The second kappa shape index (κ2) is 7.87. The predicted octanol–water partition coefficient (Wildman–Crippen LogP) is 1.91. The van der Waals surface area contributed by atoms with E-state index in [0.717, 1.165) is 38.5 Å². The second-order valence-electron chi connectivity index (χ2n) is 7.93. The van der Waals surface area contributed by atoms with Crippen molar-refractivity contribution in [3.8, 4) is 5.75 Å². The molecule has 8 heteroatoms. The van der Waals surface area contributed by atoms with E-state index < -0.39 is 0 Å². The third-order valence-electron chi connectivity index (χ3n) is 6.04. The van der Waals surface area contributed by atoms with Crippen LogP contribution in [0.25, 0.3) is 0 Å². The van der Waals surface area contributed by atoms with Crippen LogP contribution in [0.1, 0.15) is 12.5 Å². The zero-order valence-corrected chi connectivity index (χ0v) is 17.1. The monoisotopic (exact) mass is 397 g/mol. The fraction of sp³-hybridized carbons (Fsp3) is 0.476. The number of fused-ring (bicyclic) bond motifs is 1. The lowest BCUT2D eigenvalue weighted by molar-refractivity contribution is -0.116. The molecule has 3 heterocycles. The standard InChI is InChI=1S/C21H27N5O3/c1-15(27)23(2)19-8-22-26(14-19)21(28)25-12-17-10-24(11-18(17)13-25)9-16-6-4-5-7-20(16)29-3/h4-8,14,17-18H,9-13H2,1-3H3. The van der Waals surface area contributed by atoms with Crippen molar-refractivity contribution in [2.24, 2.45) is 11.8 Å². The first-order chi connectivity index (χ1) is 14.0. The average Bonchev–Trinajstić information content (AvgIpc) is 3.42. The summed E-state index contributed by atoms with van der Waals surface area (Å²) in [5.74, 6) is 1.78. The molecule has 0 bridgehead atoms. The van der Waals surface area contributed by atoms with Gasteiger partial charge in [0.2, 0.25) is 5.91 Å². The lowest BCUT2D eigenvalue weighted by atomic mass is 10.0. The highest BCUT2D eigenvalue weighted by Crippen LogP contribution is 2.33. The number of amides is 2. The van der Waals surface area contributed by atoms with E-state index >= 15 is 0 Å². The highest BCUT2D eigenvalue weighted by Gasteiger charge is 2.42. The van der Waals surface area contributed by atoms with E-state index in [0.29, 0.717) is 17.5 Å². The number of likely N-dealkylation sites (tertiary alicyclic amines) is 2. The highest BCUT2D eigenvalue weighted by molar-refractivity contribution is 5.91. The maximum atomic E-state index is 12.8.